The molecule has 0 aliphatic heterocycles. The SMILES string of the molecule is CCCc1nc(C(CCC)OC)ncc1CNC. The minimum Gasteiger partial charge on any atom is -0.373 e. The van der Waals surface area contributed by atoms with Crippen LogP contribution in [-0.4, -0.2) is 24.1 Å². The molecule has 1 N–H and O–H groups in total. The molecule has 1 aromatic rings. The van der Waals surface area contributed by atoms with E-state index in [1.807, 2.05) is 13.2 Å². The van der Waals surface area contributed by atoms with Crippen LogP contribution in [0.15, 0.2) is 6.20 Å². The normalized spacial score (nSPS) is 12.7. The van der Waals surface area contributed by atoms with Crippen molar-refractivity contribution in [3.05, 3.63) is 23.3 Å². The molecule has 0 saturated heterocycles. The van der Waals surface area contributed by atoms with Crippen LogP contribution in [0.1, 0.15) is 56.3 Å². The van der Waals surface area contributed by atoms with Gasteiger partial charge in [0.1, 0.15) is 6.10 Å². The number of hydrogen-bond donors (Lipinski definition) is 1. The van der Waals surface area contributed by atoms with Gasteiger partial charge in [0, 0.05) is 31.1 Å². The van der Waals surface area contributed by atoms with Crippen molar-refractivity contribution < 1.29 is 4.74 Å². The topological polar surface area (TPSA) is 47.0 Å². The van der Waals surface area contributed by atoms with Crippen LogP contribution >= 0.6 is 0 Å². The summed E-state index contributed by atoms with van der Waals surface area (Å²) in [6.45, 7) is 5.14. The first kappa shape index (κ1) is 15.1. The summed E-state index contributed by atoms with van der Waals surface area (Å²) in [4.78, 5) is 9.15. The molecule has 0 spiro atoms. The summed E-state index contributed by atoms with van der Waals surface area (Å²) in [7, 11) is 3.67. The minimum absolute atomic E-state index is 0.0224. The lowest BCUT2D eigenvalue weighted by Gasteiger charge is -2.15. The van der Waals surface area contributed by atoms with E-state index in [0.29, 0.717) is 0 Å². The molecule has 1 aromatic heterocycles. The van der Waals surface area contributed by atoms with Gasteiger partial charge in [-0.25, -0.2) is 9.97 Å². The summed E-state index contributed by atoms with van der Waals surface area (Å²) in [5.41, 5.74) is 2.34. The van der Waals surface area contributed by atoms with E-state index in [1.54, 1.807) is 7.11 Å². The molecule has 18 heavy (non-hydrogen) atoms. The van der Waals surface area contributed by atoms with Gasteiger partial charge in [0.15, 0.2) is 5.82 Å². The van der Waals surface area contributed by atoms with E-state index < -0.39 is 0 Å². The molecule has 0 aromatic carbocycles. The Kier molecular flexibility index (Phi) is 6.83. The molecule has 1 rings (SSSR count). The third kappa shape index (κ3) is 4.03. The van der Waals surface area contributed by atoms with Gasteiger partial charge in [0.05, 0.1) is 0 Å². The molecule has 1 unspecified atom stereocenters. The Labute approximate surface area is 110 Å². The number of hydrogen-bond acceptors (Lipinski definition) is 4. The second-order valence-electron chi connectivity index (χ2n) is 4.49. The molecule has 4 heteroatoms. The standard InChI is InChI=1S/C14H25N3O/c1-5-7-12-11(9-15-3)10-16-14(17-12)13(18-4)8-6-2/h10,13,15H,5-9H2,1-4H3. The van der Waals surface area contributed by atoms with E-state index in [9.17, 15) is 0 Å². The molecule has 1 atom stereocenters. The summed E-state index contributed by atoms with van der Waals surface area (Å²) >= 11 is 0. The molecular formula is C14H25N3O. The van der Waals surface area contributed by atoms with Crippen LogP contribution in [-0.2, 0) is 17.7 Å². The van der Waals surface area contributed by atoms with Crippen molar-refractivity contribution in [3.8, 4) is 0 Å². The van der Waals surface area contributed by atoms with Gasteiger partial charge >= 0.3 is 0 Å². The molecular weight excluding hydrogens is 226 g/mol. The van der Waals surface area contributed by atoms with Crippen LogP contribution in [0.3, 0.4) is 0 Å². The van der Waals surface area contributed by atoms with Gasteiger partial charge in [0.25, 0.3) is 0 Å². The number of nitrogens with one attached hydrogen (secondary N) is 1. The van der Waals surface area contributed by atoms with E-state index in [2.05, 4.69) is 24.1 Å². The van der Waals surface area contributed by atoms with Gasteiger partial charge < -0.3 is 10.1 Å². The van der Waals surface area contributed by atoms with Crippen molar-refractivity contribution in [2.75, 3.05) is 14.2 Å². The summed E-state index contributed by atoms with van der Waals surface area (Å²) in [6, 6.07) is 0. The van der Waals surface area contributed by atoms with Gasteiger partial charge in [-0.3, -0.25) is 0 Å². The Balaban J connectivity index is 2.96. The van der Waals surface area contributed by atoms with Crippen molar-refractivity contribution in [1.82, 2.24) is 15.3 Å². The quantitative estimate of drug-likeness (QED) is 0.771. The second-order valence-corrected chi connectivity index (χ2v) is 4.49. The maximum atomic E-state index is 5.47. The lowest BCUT2D eigenvalue weighted by molar-refractivity contribution is 0.0873. The highest BCUT2D eigenvalue weighted by Crippen LogP contribution is 2.20. The highest BCUT2D eigenvalue weighted by Gasteiger charge is 2.14. The monoisotopic (exact) mass is 251 g/mol. The highest BCUT2D eigenvalue weighted by molar-refractivity contribution is 5.18. The van der Waals surface area contributed by atoms with Gasteiger partial charge in [-0.15, -0.1) is 0 Å². The number of rotatable bonds is 8. The number of ether oxygens (including phenoxy) is 1. The van der Waals surface area contributed by atoms with E-state index in [4.69, 9.17) is 9.72 Å². The molecule has 0 radical (unpaired) electrons. The van der Waals surface area contributed by atoms with E-state index in [1.165, 1.54) is 5.56 Å². The van der Waals surface area contributed by atoms with E-state index in [-0.39, 0.29) is 6.10 Å². The lowest BCUT2D eigenvalue weighted by Crippen LogP contribution is -2.14. The van der Waals surface area contributed by atoms with Crippen LogP contribution < -0.4 is 5.32 Å². The maximum Gasteiger partial charge on any atom is 0.157 e. The molecule has 0 amide bonds. The van der Waals surface area contributed by atoms with Crippen LogP contribution in [0.4, 0.5) is 0 Å². The predicted molar refractivity (Wildman–Crippen MR) is 73.4 cm³/mol. The Morgan fingerprint density at radius 2 is 2.11 bits per heavy atom. The molecule has 0 fully saturated rings. The zero-order valence-corrected chi connectivity index (χ0v) is 12.0. The minimum atomic E-state index is 0.0224. The highest BCUT2D eigenvalue weighted by atomic mass is 16.5. The zero-order valence-electron chi connectivity index (χ0n) is 12.0. The first-order valence-corrected chi connectivity index (χ1v) is 6.78. The third-order valence-corrected chi connectivity index (χ3v) is 2.95. The van der Waals surface area contributed by atoms with Crippen molar-refractivity contribution in [2.45, 2.75) is 52.2 Å². The van der Waals surface area contributed by atoms with Crippen LogP contribution in [0.2, 0.25) is 0 Å². The molecule has 4 nitrogen and oxygen atoms in total. The number of methoxy groups -OCH3 is 1. The van der Waals surface area contributed by atoms with Crippen molar-refractivity contribution in [2.24, 2.45) is 0 Å². The third-order valence-electron chi connectivity index (χ3n) is 2.95. The summed E-state index contributed by atoms with van der Waals surface area (Å²) < 4.78 is 5.47. The number of aryl methyl sites for hydroxylation is 1. The zero-order chi connectivity index (χ0) is 13.4. The predicted octanol–water partition coefficient (Wildman–Crippen LogP) is 2.64. The largest absolute Gasteiger partial charge is 0.373 e. The molecule has 0 aliphatic rings. The summed E-state index contributed by atoms with van der Waals surface area (Å²) in [6.07, 6.45) is 6.09. The second kappa shape index (κ2) is 8.16. The molecule has 0 bridgehead atoms. The van der Waals surface area contributed by atoms with E-state index >= 15 is 0 Å². The fourth-order valence-electron chi connectivity index (χ4n) is 2.02. The van der Waals surface area contributed by atoms with Gasteiger partial charge in [-0.1, -0.05) is 26.7 Å². The average molecular weight is 251 g/mol. The molecule has 0 aliphatic carbocycles. The first-order chi connectivity index (χ1) is 8.76. The number of nitrogens with zero attached hydrogens (tertiary/aromatic N) is 2. The van der Waals surface area contributed by atoms with Crippen molar-refractivity contribution in [3.63, 3.8) is 0 Å². The Bertz CT molecular complexity index is 355. The Morgan fingerprint density at radius 1 is 1.33 bits per heavy atom. The van der Waals surface area contributed by atoms with Gasteiger partial charge in [-0.05, 0) is 19.9 Å². The summed E-state index contributed by atoms with van der Waals surface area (Å²) in [5.74, 6) is 0.822. The number of aromatic nitrogens is 2. The lowest BCUT2D eigenvalue weighted by atomic mass is 10.1. The van der Waals surface area contributed by atoms with Crippen LogP contribution in [0.25, 0.3) is 0 Å². The van der Waals surface area contributed by atoms with Crippen LogP contribution in [0, 0.1) is 0 Å². The molecule has 0 saturated carbocycles. The van der Waals surface area contributed by atoms with Gasteiger partial charge in [-0.2, -0.15) is 0 Å². The van der Waals surface area contributed by atoms with Gasteiger partial charge in [0.2, 0.25) is 0 Å². The van der Waals surface area contributed by atoms with Crippen LogP contribution in [0.5, 0.6) is 0 Å². The van der Waals surface area contributed by atoms with E-state index in [0.717, 1.165) is 43.7 Å². The van der Waals surface area contributed by atoms with Crippen molar-refractivity contribution in [1.29, 1.82) is 0 Å². The Hall–Kier alpha value is -1.00. The fraction of sp³-hybridized carbons (Fsp3) is 0.714. The smallest absolute Gasteiger partial charge is 0.157 e. The summed E-state index contributed by atoms with van der Waals surface area (Å²) in [5, 5.41) is 3.16. The average Bonchev–Trinajstić information content (AvgIpc) is 2.38. The molecule has 1 heterocycles. The first-order valence-electron chi connectivity index (χ1n) is 6.78. The Morgan fingerprint density at radius 3 is 2.67 bits per heavy atom. The fourth-order valence-corrected chi connectivity index (χ4v) is 2.02. The van der Waals surface area contributed by atoms with Crippen molar-refractivity contribution >= 4 is 0 Å². The maximum absolute atomic E-state index is 5.47. The molecule has 102 valence electrons.